The number of thioether (sulfide) groups is 1. The van der Waals surface area contributed by atoms with Gasteiger partial charge in [0.2, 0.25) is 0 Å². The average Bonchev–Trinajstić information content (AvgIpc) is 3.02. The van der Waals surface area contributed by atoms with Crippen LogP contribution >= 0.6 is 11.8 Å². The highest BCUT2D eigenvalue weighted by atomic mass is 32.2. The molecule has 1 aliphatic rings. The molecule has 2 rings (SSSR count). The van der Waals surface area contributed by atoms with Crippen LogP contribution in [0, 0.1) is 11.3 Å². The van der Waals surface area contributed by atoms with Gasteiger partial charge in [-0.05, 0) is 26.2 Å². The SMILES string of the molecule is Cn1ccnc1SCCC(C)(C#N)NC1CC1. The van der Waals surface area contributed by atoms with Crippen LogP contribution in [0.1, 0.15) is 26.2 Å². The molecule has 92 valence electrons. The Hall–Kier alpha value is -0.990. The van der Waals surface area contributed by atoms with Crippen molar-refractivity contribution in [2.24, 2.45) is 7.05 Å². The van der Waals surface area contributed by atoms with E-state index in [1.54, 1.807) is 18.0 Å². The van der Waals surface area contributed by atoms with Crippen LogP contribution in [0.2, 0.25) is 0 Å². The van der Waals surface area contributed by atoms with Gasteiger partial charge in [0.05, 0.1) is 6.07 Å². The van der Waals surface area contributed by atoms with E-state index in [2.05, 4.69) is 16.4 Å². The molecule has 0 radical (unpaired) electrons. The molecule has 0 amide bonds. The minimum absolute atomic E-state index is 0.390. The maximum Gasteiger partial charge on any atom is 0.167 e. The van der Waals surface area contributed by atoms with Crippen molar-refractivity contribution >= 4 is 11.8 Å². The minimum atomic E-state index is -0.390. The maximum absolute atomic E-state index is 9.23. The molecule has 0 spiro atoms. The van der Waals surface area contributed by atoms with Crippen molar-refractivity contribution < 1.29 is 0 Å². The van der Waals surface area contributed by atoms with Crippen molar-refractivity contribution in [3.63, 3.8) is 0 Å². The number of hydrogen-bond donors (Lipinski definition) is 1. The van der Waals surface area contributed by atoms with Crippen LogP contribution in [-0.4, -0.2) is 26.9 Å². The molecule has 1 aliphatic carbocycles. The average molecular weight is 250 g/mol. The molecule has 1 heterocycles. The zero-order valence-corrected chi connectivity index (χ0v) is 11.1. The van der Waals surface area contributed by atoms with Gasteiger partial charge in [-0.1, -0.05) is 11.8 Å². The van der Waals surface area contributed by atoms with E-state index < -0.39 is 0 Å². The smallest absolute Gasteiger partial charge is 0.167 e. The summed E-state index contributed by atoms with van der Waals surface area (Å²) in [6, 6.07) is 2.96. The zero-order valence-electron chi connectivity index (χ0n) is 10.3. The molecular formula is C12H18N4S. The molecule has 1 aromatic heterocycles. The number of aryl methyl sites for hydroxylation is 1. The fourth-order valence-electron chi connectivity index (χ4n) is 1.68. The Bertz CT molecular complexity index is 418. The highest BCUT2D eigenvalue weighted by Crippen LogP contribution is 2.25. The summed E-state index contributed by atoms with van der Waals surface area (Å²) in [4.78, 5) is 4.26. The highest BCUT2D eigenvalue weighted by Gasteiger charge is 2.32. The topological polar surface area (TPSA) is 53.6 Å². The first-order valence-electron chi connectivity index (χ1n) is 5.92. The first-order valence-corrected chi connectivity index (χ1v) is 6.90. The Morgan fingerprint density at radius 2 is 2.47 bits per heavy atom. The summed E-state index contributed by atoms with van der Waals surface area (Å²) in [7, 11) is 1.99. The normalized spacial score (nSPS) is 18.6. The Morgan fingerprint density at radius 3 is 3.00 bits per heavy atom. The van der Waals surface area contributed by atoms with Gasteiger partial charge in [-0.2, -0.15) is 5.26 Å². The Balaban J connectivity index is 1.80. The van der Waals surface area contributed by atoms with Crippen molar-refractivity contribution in [2.45, 2.75) is 42.9 Å². The standard InChI is InChI=1S/C12H18N4S/c1-12(9-13,15-10-3-4-10)5-8-17-11-14-6-7-16(11)2/h6-7,10,15H,3-5,8H2,1-2H3. The van der Waals surface area contributed by atoms with Crippen LogP contribution in [0.25, 0.3) is 0 Å². The largest absolute Gasteiger partial charge is 0.329 e. The van der Waals surface area contributed by atoms with Gasteiger partial charge < -0.3 is 4.57 Å². The van der Waals surface area contributed by atoms with Crippen LogP contribution in [-0.2, 0) is 7.05 Å². The lowest BCUT2D eigenvalue weighted by Crippen LogP contribution is -2.42. The predicted molar refractivity (Wildman–Crippen MR) is 68.7 cm³/mol. The molecule has 1 atom stereocenters. The molecule has 17 heavy (non-hydrogen) atoms. The molecule has 0 aliphatic heterocycles. The quantitative estimate of drug-likeness (QED) is 0.784. The molecule has 0 saturated heterocycles. The molecule has 0 aromatic carbocycles. The second-order valence-corrected chi connectivity index (χ2v) is 5.84. The number of nitriles is 1. The van der Waals surface area contributed by atoms with Crippen LogP contribution in [0.4, 0.5) is 0 Å². The van der Waals surface area contributed by atoms with E-state index in [1.807, 2.05) is 24.7 Å². The van der Waals surface area contributed by atoms with Gasteiger partial charge in [0.25, 0.3) is 0 Å². The molecule has 1 saturated carbocycles. The maximum atomic E-state index is 9.23. The number of nitrogens with one attached hydrogen (secondary N) is 1. The van der Waals surface area contributed by atoms with Crippen molar-refractivity contribution in [1.82, 2.24) is 14.9 Å². The van der Waals surface area contributed by atoms with E-state index in [-0.39, 0.29) is 5.54 Å². The summed E-state index contributed by atoms with van der Waals surface area (Å²) in [6.07, 6.45) is 7.01. The van der Waals surface area contributed by atoms with Gasteiger partial charge in [0.1, 0.15) is 5.54 Å². The summed E-state index contributed by atoms with van der Waals surface area (Å²) in [5.41, 5.74) is -0.390. The van der Waals surface area contributed by atoms with Gasteiger partial charge in [0.15, 0.2) is 5.16 Å². The third-order valence-electron chi connectivity index (χ3n) is 2.96. The molecule has 5 heteroatoms. The fraction of sp³-hybridized carbons (Fsp3) is 0.667. The number of hydrogen-bond acceptors (Lipinski definition) is 4. The molecular weight excluding hydrogens is 232 g/mol. The predicted octanol–water partition coefficient (Wildman–Crippen LogP) is 1.94. The summed E-state index contributed by atoms with van der Waals surface area (Å²) < 4.78 is 2.00. The Kier molecular flexibility index (Phi) is 3.75. The Labute approximate surface area is 106 Å². The second kappa shape index (κ2) is 5.11. The number of imidazole rings is 1. The Morgan fingerprint density at radius 1 is 1.71 bits per heavy atom. The third-order valence-corrected chi connectivity index (χ3v) is 4.02. The molecule has 1 aromatic rings. The van der Waals surface area contributed by atoms with Crippen molar-refractivity contribution in [2.75, 3.05) is 5.75 Å². The van der Waals surface area contributed by atoms with E-state index in [0.29, 0.717) is 6.04 Å². The van der Waals surface area contributed by atoms with E-state index in [0.717, 1.165) is 17.3 Å². The number of rotatable bonds is 6. The molecule has 4 nitrogen and oxygen atoms in total. The molecule has 1 N–H and O–H groups in total. The molecule has 1 unspecified atom stereocenters. The second-order valence-electron chi connectivity index (χ2n) is 4.78. The number of aromatic nitrogens is 2. The van der Waals surface area contributed by atoms with Gasteiger partial charge in [0, 0.05) is 31.2 Å². The minimum Gasteiger partial charge on any atom is -0.329 e. The van der Waals surface area contributed by atoms with Crippen LogP contribution in [0.3, 0.4) is 0 Å². The van der Waals surface area contributed by atoms with Crippen LogP contribution < -0.4 is 5.32 Å². The van der Waals surface area contributed by atoms with Crippen molar-refractivity contribution in [1.29, 1.82) is 5.26 Å². The number of nitrogens with zero attached hydrogens (tertiary/aromatic N) is 3. The highest BCUT2D eigenvalue weighted by molar-refractivity contribution is 7.99. The lowest BCUT2D eigenvalue weighted by molar-refractivity contribution is 0.433. The van der Waals surface area contributed by atoms with E-state index in [9.17, 15) is 5.26 Å². The summed E-state index contributed by atoms with van der Waals surface area (Å²) >= 11 is 1.70. The van der Waals surface area contributed by atoms with Gasteiger partial charge in [-0.25, -0.2) is 4.98 Å². The van der Waals surface area contributed by atoms with Crippen LogP contribution in [0.5, 0.6) is 0 Å². The lowest BCUT2D eigenvalue weighted by Gasteiger charge is -2.22. The fourth-order valence-corrected chi connectivity index (χ4v) is 2.77. The molecule has 1 fully saturated rings. The lowest BCUT2D eigenvalue weighted by atomic mass is 10.0. The summed E-state index contributed by atoms with van der Waals surface area (Å²) in [5, 5.41) is 13.7. The van der Waals surface area contributed by atoms with Crippen molar-refractivity contribution in [3.05, 3.63) is 12.4 Å². The summed E-state index contributed by atoms with van der Waals surface area (Å²) in [5.74, 6) is 0.911. The van der Waals surface area contributed by atoms with Gasteiger partial charge in [-0.3, -0.25) is 5.32 Å². The van der Waals surface area contributed by atoms with E-state index in [4.69, 9.17) is 0 Å². The summed E-state index contributed by atoms with van der Waals surface area (Å²) in [6.45, 7) is 1.99. The van der Waals surface area contributed by atoms with Crippen molar-refractivity contribution in [3.8, 4) is 6.07 Å². The first-order chi connectivity index (χ1) is 8.13. The van der Waals surface area contributed by atoms with E-state index >= 15 is 0 Å². The zero-order chi connectivity index (χ0) is 12.3. The third kappa shape index (κ3) is 3.48. The van der Waals surface area contributed by atoms with Crippen LogP contribution in [0.15, 0.2) is 17.6 Å². The monoisotopic (exact) mass is 250 g/mol. The molecule has 0 bridgehead atoms. The van der Waals surface area contributed by atoms with E-state index in [1.165, 1.54) is 12.8 Å². The van der Waals surface area contributed by atoms with Gasteiger partial charge >= 0.3 is 0 Å². The first kappa shape index (κ1) is 12.5. The van der Waals surface area contributed by atoms with Gasteiger partial charge in [-0.15, -0.1) is 0 Å².